The third-order valence-electron chi connectivity index (χ3n) is 6.32. The monoisotopic (exact) mass is 493 g/mol. The number of likely N-dealkylation sites (tertiary alicyclic amines) is 1. The number of piperidine rings is 1. The van der Waals surface area contributed by atoms with Gasteiger partial charge in [-0.25, -0.2) is 9.36 Å². The molecule has 9 heteroatoms. The van der Waals surface area contributed by atoms with E-state index in [1.807, 2.05) is 18.7 Å². The highest BCUT2D eigenvalue weighted by atomic mass is 35.5. The van der Waals surface area contributed by atoms with Gasteiger partial charge in [-0.1, -0.05) is 30.1 Å². The molecule has 0 bridgehead atoms. The molecular formula is C23H25Cl2N3O3S. The Bertz CT molecular complexity index is 1320. The van der Waals surface area contributed by atoms with Gasteiger partial charge in [0.15, 0.2) is 0 Å². The number of hydrogen-bond acceptors (Lipinski definition) is 4. The van der Waals surface area contributed by atoms with Gasteiger partial charge in [0.25, 0.3) is 5.56 Å². The molecule has 0 unspecified atom stereocenters. The molecule has 0 saturated carbocycles. The lowest BCUT2D eigenvalue weighted by Gasteiger charge is -2.35. The van der Waals surface area contributed by atoms with Crippen LogP contribution in [0, 0.1) is 13.8 Å². The quantitative estimate of drug-likeness (QED) is 0.517. The molecule has 1 aliphatic rings. The average molecular weight is 494 g/mol. The fourth-order valence-electron chi connectivity index (χ4n) is 4.43. The topological polar surface area (TPSA) is 64.3 Å². The van der Waals surface area contributed by atoms with Gasteiger partial charge in [-0.05, 0) is 63.3 Å². The highest BCUT2D eigenvalue weighted by molar-refractivity contribution is 7.18. The van der Waals surface area contributed by atoms with E-state index in [0.717, 1.165) is 40.7 Å². The molecule has 1 amide bonds. The molecule has 32 heavy (non-hydrogen) atoms. The summed E-state index contributed by atoms with van der Waals surface area (Å²) in [5.41, 5.74) is 0.165. The van der Waals surface area contributed by atoms with Gasteiger partial charge >= 0.3 is 5.69 Å². The van der Waals surface area contributed by atoms with E-state index in [0.29, 0.717) is 27.5 Å². The summed E-state index contributed by atoms with van der Waals surface area (Å²) in [4.78, 5) is 43.6. The summed E-state index contributed by atoms with van der Waals surface area (Å²) in [7, 11) is 0. The van der Waals surface area contributed by atoms with E-state index < -0.39 is 11.2 Å². The van der Waals surface area contributed by atoms with Gasteiger partial charge in [-0.15, -0.1) is 11.3 Å². The third kappa shape index (κ3) is 3.91. The molecule has 0 aliphatic carbocycles. The fraction of sp³-hybridized carbons (Fsp3) is 0.435. The van der Waals surface area contributed by atoms with Gasteiger partial charge in [0.1, 0.15) is 11.4 Å². The normalized spacial score (nSPS) is 16.7. The molecule has 0 radical (unpaired) electrons. The Hall–Kier alpha value is -2.09. The molecule has 170 valence electrons. The zero-order chi connectivity index (χ0) is 23.2. The van der Waals surface area contributed by atoms with Crippen LogP contribution in [0.15, 0.2) is 27.8 Å². The summed E-state index contributed by atoms with van der Waals surface area (Å²) >= 11 is 13.6. The van der Waals surface area contributed by atoms with Crippen molar-refractivity contribution >= 4 is 50.7 Å². The lowest BCUT2D eigenvalue weighted by Crippen LogP contribution is -2.47. The van der Waals surface area contributed by atoms with Crippen LogP contribution in [0.25, 0.3) is 15.9 Å². The molecule has 6 nitrogen and oxygen atoms in total. The number of hydrogen-bond donors (Lipinski definition) is 0. The first-order chi connectivity index (χ1) is 15.2. The number of benzene rings is 1. The zero-order valence-corrected chi connectivity index (χ0v) is 20.6. The van der Waals surface area contributed by atoms with Crippen LogP contribution in [-0.2, 0) is 11.3 Å². The standard InChI is InChI=1S/C23H25Cl2N3O3S/c1-4-15-7-5-6-10-26(15)19(29)12-27-22-20(13(2)14(3)32-22)21(30)28(23(27)31)16-8-9-17(24)18(25)11-16/h8-9,11,15H,4-7,10,12H2,1-3H3/t15-/m0/s1. The van der Waals surface area contributed by atoms with Crippen molar-refractivity contribution in [3.63, 3.8) is 0 Å². The lowest BCUT2D eigenvalue weighted by atomic mass is 10.00. The minimum Gasteiger partial charge on any atom is -0.338 e. The van der Waals surface area contributed by atoms with E-state index in [2.05, 4.69) is 6.92 Å². The number of amides is 1. The van der Waals surface area contributed by atoms with E-state index in [1.54, 1.807) is 12.1 Å². The first-order valence-corrected chi connectivity index (χ1v) is 12.3. The molecule has 2 aromatic heterocycles. The summed E-state index contributed by atoms with van der Waals surface area (Å²) in [5.74, 6) is -0.0945. The van der Waals surface area contributed by atoms with Crippen molar-refractivity contribution < 1.29 is 4.79 Å². The van der Waals surface area contributed by atoms with Crippen molar-refractivity contribution in [1.29, 1.82) is 0 Å². The van der Waals surface area contributed by atoms with Crippen molar-refractivity contribution in [3.8, 4) is 5.69 Å². The number of nitrogens with zero attached hydrogens (tertiary/aromatic N) is 3. The van der Waals surface area contributed by atoms with E-state index in [4.69, 9.17) is 23.2 Å². The van der Waals surface area contributed by atoms with E-state index in [9.17, 15) is 14.4 Å². The van der Waals surface area contributed by atoms with Crippen molar-refractivity contribution in [2.75, 3.05) is 6.54 Å². The van der Waals surface area contributed by atoms with Gasteiger partial charge < -0.3 is 4.90 Å². The van der Waals surface area contributed by atoms with Crippen LogP contribution >= 0.6 is 34.5 Å². The molecule has 1 atom stereocenters. The maximum Gasteiger partial charge on any atom is 0.337 e. The summed E-state index contributed by atoms with van der Waals surface area (Å²) in [5, 5.41) is 1.03. The Morgan fingerprint density at radius 3 is 2.59 bits per heavy atom. The highest BCUT2D eigenvalue weighted by Crippen LogP contribution is 2.29. The molecule has 4 rings (SSSR count). The van der Waals surface area contributed by atoms with Crippen LogP contribution in [0.5, 0.6) is 0 Å². The Balaban J connectivity index is 1.91. The summed E-state index contributed by atoms with van der Waals surface area (Å²) < 4.78 is 2.53. The van der Waals surface area contributed by atoms with Gasteiger partial charge in [-0.3, -0.25) is 14.2 Å². The number of rotatable bonds is 4. The second-order valence-corrected chi connectivity index (χ2v) is 10.2. The molecule has 0 N–H and O–H groups in total. The average Bonchev–Trinajstić information content (AvgIpc) is 3.08. The minimum atomic E-state index is -0.555. The predicted molar refractivity (Wildman–Crippen MR) is 131 cm³/mol. The predicted octanol–water partition coefficient (Wildman–Crippen LogP) is 4.93. The molecule has 0 spiro atoms. The molecule has 3 heterocycles. The van der Waals surface area contributed by atoms with Crippen LogP contribution in [0.3, 0.4) is 0 Å². The van der Waals surface area contributed by atoms with Crippen LogP contribution in [-0.4, -0.2) is 32.5 Å². The summed E-state index contributed by atoms with van der Waals surface area (Å²) in [6.45, 7) is 6.45. The number of halogens is 2. The summed E-state index contributed by atoms with van der Waals surface area (Å²) in [6.07, 6.45) is 3.94. The number of carbonyl (C=O) groups is 1. The van der Waals surface area contributed by atoms with Crippen LogP contribution < -0.4 is 11.2 Å². The maximum absolute atomic E-state index is 13.6. The van der Waals surface area contributed by atoms with Crippen molar-refractivity contribution in [2.24, 2.45) is 0 Å². The first-order valence-electron chi connectivity index (χ1n) is 10.7. The van der Waals surface area contributed by atoms with E-state index in [-0.39, 0.29) is 23.5 Å². The molecule has 1 aliphatic heterocycles. The number of aromatic nitrogens is 2. The van der Waals surface area contributed by atoms with Crippen molar-refractivity contribution in [2.45, 2.75) is 59.0 Å². The lowest BCUT2D eigenvalue weighted by molar-refractivity contribution is -0.135. The Morgan fingerprint density at radius 2 is 1.91 bits per heavy atom. The zero-order valence-electron chi connectivity index (χ0n) is 18.3. The molecule has 1 fully saturated rings. The second kappa shape index (κ2) is 9.04. The molecule has 1 saturated heterocycles. The third-order valence-corrected chi connectivity index (χ3v) is 8.29. The van der Waals surface area contributed by atoms with Crippen LogP contribution in [0.2, 0.25) is 10.0 Å². The van der Waals surface area contributed by atoms with Crippen molar-refractivity contribution in [1.82, 2.24) is 14.0 Å². The smallest absolute Gasteiger partial charge is 0.337 e. The van der Waals surface area contributed by atoms with E-state index in [1.165, 1.54) is 22.0 Å². The minimum absolute atomic E-state index is 0.0945. The van der Waals surface area contributed by atoms with Gasteiger partial charge in [0.2, 0.25) is 5.91 Å². The number of aryl methyl sites for hydroxylation is 2. The molecule has 3 aromatic rings. The highest BCUT2D eigenvalue weighted by Gasteiger charge is 2.27. The van der Waals surface area contributed by atoms with Crippen LogP contribution in [0.1, 0.15) is 43.0 Å². The van der Waals surface area contributed by atoms with E-state index >= 15 is 0 Å². The number of fused-ring (bicyclic) bond motifs is 1. The maximum atomic E-state index is 13.6. The Labute approximate surface area is 200 Å². The van der Waals surface area contributed by atoms with Gasteiger partial charge in [-0.2, -0.15) is 0 Å². The fourth-order valence-corrected chi connectivity index (χ4v) is 5.86. The largest absolute Gasteiger partial charge is 0.338 e. The SMILES string of the molecule is CC[C@H]1CCCCN1C(=O)Cn1c(=O)n(-c2ccc(Cl)c(Cl)c2)c(=O)c2c(C)c(C)sc21. The number of thiophene rings is 1. The molecular weight excluding hydrogens is 469 g/mol. The van der Waals surface area contributed by atoms with Crippen LogP contribution in [0.4, 0.5) is 0 Å². The number of carbonyl (C=O) groups excluding carboxylic acids is 1. The van der Waals surface area contributed by atoms with Gasteiger partial charge in [0.05, 0.1) is 21.1 Å². The van der Waals surface area contributed by atoms with Gasteiger partial charge in [0, 0.05) is 17.5 Å². The first kappa shape index (κ1) is 23.1. The van der Waals surface area contributed by atoms with Crippen molar-refractivity contribution in [3.05, 3.63) is 59.5 Å². The Kier molecular flexibility index (Phi) is 6.52. The summed E-state index contributed by atoms with van der Waals surface area (Å²) in [6, 6.07) is 4.82. The Morgan fingerprint density at radius 1 is 1.16 bits per heavy atom. The molecule has 1 aromatic carbocycles. The second-order valence-electron chi connectivity index (χ2n) is 8.22.